The summed E-state index contributed by atoms with van der Waals surface area (Å²) >= 11 is 0. The standard InChI is InChI=1S/C11H11NO2/c1-7-3-10-8(5-11(7)14-2)4-9(6-13)12-10/h3-6,12H,1-2H3. The van der Waals surface area contributed by atoms with Gasteiger partial charge in [-0.2, -0.15) is 0 Å². The third-order valence-corrected chi connectivity index (χ3v) is 2.28. The molecule has 0 fully saturated rings. The predicted octanol–water partition coefficient (Wildman–Crippen LogP) is 2.30. The molecular formula is C11H11NO2. The van der Waals surface area contributed by atoms with Crippen LogP contribution in [0.5, 0.6) is 5.75 Å². The van der Waals surface area contributed by atoms with Crippen molar-refractivity contribution in [3.63, 3.8) is 0 Å². The van der Waals surface area contributed by atoms with Crippen LogP contribution in [0.1, 0.15) is 16.1 Å². The van der Waals surface area contributed by atoms with Gasteiger partial charge in [0.1, 0.15) is 5.75 Å². The first kappa shape index (κ1) is 8.81. The minimum Gasteiger partial charge on any atom is -0.496 e. The van der Waals surface area contributed by atoms with Gasteiger partial charge in [0.25, 0.3) is 0 Å². The van der Waals surface area contributed by atoms with Gasteiger partial charge in [-0.3, -0.25) is 4.79 Å². The molecule has 2 rings (SSSR count). The molecular weight excluding hydrogens is 178 g/mol. The summed E-state index contributed by atoms with van der Waals surface area (Å²) in [6.07, 6.45) is 0.807. The Morgan fingerprint density at radius 3 is 2.79 bits per heavy atom. The van der Waals surface area contributed by atoms with Gasteiger partial charge in [-0.1, -0.05) is 0 Å². The zero-order valence-electron chi connectivity index (χ0n) is 8.13. The molecule has 1 aromatic heterocycles. The third-order valence-electron chi connectivity index (χ3n) is 2.28. The maximum absolute atomic E-state index is 10.6. The fourth-order valence-corrected chi connectivity index (χ4v) is 1.57. The summed E-state index contributed by atoms with van der Waals surface area (Å²) in [6.45, 7) is 1.97. The second-order valence-electron chi connectivity index (χ2n) is 3.25. The van der Waals surface area contributed by atoms with E-state index in [-0.39, 0.29) is 0 Å². The van der Waals surface area contributed by atoms with Crippen molar-refractivity contribution < 1.29 is 9.53 Å². The molecule has 14 heavy (non-hydrogen) atoms. The van der Waals surface area contributed by atoms with E-state index in [4.69, 9.17) is 4.74 Å². The summed E-state index contributed by atoms with van der Waals surface area (Å²) in [5.41, 5.74) is 2.61. The number of aromatic nitrogens is 1. The van der Waals surface area contributed by atoms with Crippen LogP contribution in [0.4, 0.5) is 0 Å². The quantitative estimate of drug-likeness (QED) is 0.736. The van der Waals surface area contributed by atoms with E-state index >= 15 is 0 Å². The average molecular weight is 189 g/mol. The third kappa shape index (κ3) is 1.27. The van der Waals surface area contributed by atoms with Crippen molar-refractivity contribution in [3.8, 4) is 5.75 Å². The zero-order valence-corrected chi connectivity index (χ0v) is 8.13. The van der Waals surface area contributed by atoms with Crippen LogP contribution in [0.25, 0.3) is 10.9 Å². The molecule has 0 spiro atoms. The second kappa shape index (κ2) is 3.18. The van der Waals surface area contributed by atoms with Crippen LogP contribution in [-0.2, 0) is 0 Å². The smallest absolute Gasteiger partial charge is 0.166 e. The number of ether oxygens (including phenoxy) is 1. The molecule has 3 heteroatoms. The molecule has 0 aliphatic carbocycles. The maximum atomic E-state index is 10.6. The van der Waals surface area contributed by atoms with Crippen molar-refractivity contribution in [2.24, 2.45) is 0 Å². The van der Waals surface area contributed by atoms with Crippen LogP contribution in [0, 0.1) is 6.92 Å². The van der Waals surface area contributed by atoms with Crippen LogP contribution in [0.2, 0.25) is 0 Å². The predicted molar refractivity (Wildman–Crippen MR) is 55.0 cm³/mol. The summed E-state index contributed by atoms with van der Waals surface area (Å²) in [6, 6.07) is 5.71. The van der Waals surface area contributed by atoms with Crippen molar-refractivity contribution in [2.45, 2.75) is 6.92 Å². The molecule has 0 saturated carbocycles. The summed E-state index contributed by atoms with van der Waals surface area (Å²) in [5.74, 6) is 0.842. The number of fused-ring (bicyclic) bond motifs is 1. The molecule has 0 radical (unpaired) electrons. The number of H-pyrrole nitrogens is 1. The maximum Gasteiger partial charge on any atom is 0.166 e. The Kier molecular flexibility index (Phi) is 2.00. The number of hydrogen-bond donors (Lipinski definition) is 1. The van der Waals surface area contributed by atoms with E-state index in [1.54, 1.807) is 7.11 Å². The normalized spacial score (nSPS) is 10.4. The number of carbonyl (C=O) groups excluding carboxylic acids is 1. The molecule has 0 atom stereocenters. The molecule has 0 aliphatic rings. The zero-order chi connectivity index (χ0) is 10.1. The highest BCUT2D eigenvalue weighted by molar-refractivity contribution is 5.89. The van der Waals surface area contributed by atoms with Gasteiger partial charge in [-0.05, 0) is 30.7 Å². The molecule has 0 aliphatic heterocycles. The van der Waals surface area contributed by atoms with E-state index < -0.39 is 0 Å². The Labute approximate surface area is 81.7 Å². The molecule has 2 aromatic rings. The number of benzene rings is 1. The molecule has 1 aromatic carbocycles. The van der Waals surface area contributed by atoms with Crippen LogP contribution >= 0.6 is 0 Å². The van der Waals surface area contributed by atoms with Gasteiger partial charge in [-0.15, -0.1) is 0 Å². The number of aromatic amines is 1. The number of aryl methyl sites for hydroxylation is 1. The van der Waals surface area contributed by atoms with Crippen molar-refractivity contribution in [1.29, 1.82) is 0 Å². The first-order valence-corrected chi connectivity index (χ1v) is 4.37. The molecule has 1 heterocycles. The lowest BCUT2D eigenvalue weighted by Gasteiger charge is -2.03. The van der Waals surface area contributed by atoms with Gasteiger partial charge in [0, 0.05) is 10.9 Å². The second-order valence-corrected chi connectivity index (χ2v) is 3.25. The molecule has 0 amide bonds. The van der Waals surface area contributed by atoms with Crippen LogP contribution in [-0.4, -0.2) is 18.4 Å². The minimum atomic E-state index is 0.590. The molecule has 3 nitrogen and oxygen atoms in total. The number of nitrogens with one attached hydrogen (secondary N) is 1. The number of aldehydes is 1. The lowest BCUT2D eigenvalue weighted by molar-refractivity contribution is 0.112. The SMILES string of the molecule is COc1cc2cc(C=O)[nH]c2cc1C. The van der Waals surface area contributed by atoms with E-state index in [9.17, 15) is 4.79 Å². The van der Waals surface area contributed by atoms with E-state index in [1.165, 1.54) is 0 Å². The van der Waals surface area contributed by atoms with E-state index in [0.29, 0.717) is 5.69 Å². The Balaban J connectivity index is 2.69. The Morgan fingerprint density at radius 2 is 2.14 bits per heavy atom. The fourth-order valence-electron chi connectivity index (χ4n) is 1.57. The summed E-state index contributed by atoms with van der Waals surface area (Å²) in [7, 11) is 1.64. The van der Waals surface area contributed by atoms with Gasteiger partial charge < -0.3 is 9.72 Å². The summed E-state index contributed by atoms with van der Waals surface area (Å²) in [5, 5.41) is 0.995. The number of hydrogen-bond acceptors (Lipinski definition) is 2. The topological polar surface area (TPSA) is 42.1 Å². The Bertz CT molecular complexity index is 485. The van der Waals surface area contributed by atoms with E-state index in [2.05, 4.69) is 4.98 Å². The van der Waals surface area contributed by atoms with Crippen molar-refractivity contribution >= 4 is 17.2 Å². The minimum absolute atomic E-state index is 0.590. The lowest BCUT2D eigenvalue weighted by atomic mass is 10.1. The number of methoxy groups -OCH3 is 1. The van der Waals surface area contributed by atoms with Crippen LogP contribution in [0.15, 0.2) is 18.2 Å². The lowest BCUT2D eigenvalue weighted by Crippen LogP contribution is -1.86. The highest BCUT2D eigenvalue weighted by Gasteiger charge is 2.04. The van der Waals surface area contributed by atoms with Crippen molar-refractivity contribution in [1.82, 2.24) is 4.98 Å². The molecule has 0 unspecified atom stereocenters. The Morgan fingerprint density at radius 1 is 1.36 bits per heavy atom. The van der Waals surface area contributed by atoms with Crippen molar-refractivity contribution in [3.05, 3.63) is 29.5 Å². The van der Waals surface area contributed by atoms with Gasteiger partial charge in [0.15, 0.2) is 6.29 Å². The van der Waals surface area contributed by atoms with Crippen LogP contribution < -0.4 is 4.74 Å². The van der Waals surface area contributed by atoms with Crippen LogP contribution in [0.3, 0.4) is 0 Å². The fraction of sp³-hybridized carbons (Fsp3) is 0.182. The average Bonchev–Trinajstić information content (AvgIpc) is 2.58. The number of carbonyl (C=O) groups is 1. The first-order valence-electron chi connectivity index (χ1n) is 4.37. The van der Waals surface area contributed by atoms with E-state index in [0.717, 1.165) is 28.5 Å². The molecule has 0 bridgehead atoms. The van der Waals surface area contributed by atoms with Gasteiger partial charge >= 0.3 is 0 Å². The summed E-state index contributed by atoms with van der Waals surface area (Å²) in [4.78, 5) is 13.6. The van der Waals surface area contributed by atoms with Gasteiger partial charge in [0.2, 0.25) is 0 Å². The van der Waals surface area contributed by atoms with Gasteiger partial charge in [-0.25, -0.2) is 0 Å². The van der Waals surface area contributed by atoms with Crippen molar-refractivity contribution in [2.75, 3.05) is 7.11 Å². The van der Waals surface area contributed by atoms with Gasteiger partial charge in [0.05, 0.1) is 12.8 Å². The highest BCUT2D eigenvalue weighted by Crippen LogP contribution is 2.25. The molecule has 72 valence electrons. The first-order chi connectivity index (χ1) is 6.74. The molecule has 0 saturated heterocycles. The largest absolute Gasteiger partial charge is 0.496 e. The molecule has 1 N–H and O–H groups in total. The number of rotatable bonds is 2. The Hall–Kier alpha value is -1.77. The van der Waals surface area contributed by atoms with E-state index in [1.807, 2.05) is 25.1 Å². The highest BCUT2D eigenvalue weighted by atomic mass is 16.5. The summed E-state index contributed by atoms with van der Waals surface area (Å²) < 4.78 is 5.19. The monoisotopic (exact) mass is 189 g/mol.